The topological polar surface area (TPSA) is 72.2 Å². The third-order valence-electron chi connectivity index (χ3n) is 2.89. The Hall–Kier alpha value is -2.61. The molecule has 0 saturated carbocycles. The van der Waals surface area contributed by atoms with Gasteiger partial charge < -0.3 is 5.32 Å². The number of non-ortho nitro benzene ring substituents is 1. The molecule has 0 bridgehead atoms. The maximum atomic E-state index is 12.9. The third-order valence-corrected chi connectivity index (χ3v) is 3.20. The Bertz CT molecular complexity index is 778. The van der Waals surface area contributed by atoms with Crippen LogP contribution >= 0.6 is 11.6 Å². The second-order valence-corrected chi connectivity index (χ2v) is 4.83. The van der Waals surface area contributed by atoms with Crippen LogP contribution in [0.25, 0.3) is 0 Å². The van der Waals surface area contributed by atoms with Gasteiger partial charge in [-0.25, -0.2) is 0 Å². The molecule has 0 aliphatic carbocycles. The van der Waals surface area contributed by atoms with E-state index in [1.807, 2.05) is 0 Å². The van der Waals surface area contributed by atoms with Crippen LogP contribution in [0, 0.1) is 10.1 Å². The van der Waals surface area contributed by atoms with Crippen LogP contribution in [-0.4, -0.2) is 10.8 Å². The normalized spacial score (nSPS) is 11.1. The average Bonchev–Trinajstić information content (AvgIpc) is 2.48. The summed E-state index contributed by atoms with van der Waals surface area (Å²) in [5.74, 6) is -1.02. The highest BCUT2D eigenvalue weighted by Crippen LogP contribution is 2.33. The number of carbonyl (C=O) groups is 1. The van der Waals surface area contributed by atoms with E-state index < -0.39 is 28.1 Å². The summed E-state index contributed by atoms with van der Waals surface area (Å²) >= 11 is 5.79. The zero-order valence-electron chi connectivity index (χ0n) is 11.2. The third kappa shape index (κ3) is 3.78. The molecule has 0 fully saturated rings. The summed E-state index contributed by atoms with van der Waals surface area (Å²) in [6, 6.07) is 7.49. The van der Waals surface area contributed by atoms with Gasteiger partial charge in [0.2, 0.25) is 0 Å². The molecule has 2 rings (SSSR count). The number of rotatable bonds is 3. The molecule has 0 aliphatic rings. The van der Waals surface area contributed by atoms with Crippen molar-refractivity contribution < 1.29 is 22.9 Å². The van der Waals surface area contributed by atoms with E-state index >= 15 is 0 Å². The summed E-state index contributed by atoms with van der Waals surface area (Å²) in [6.07, 6.45) is -4.69. The number of nitro benzene ring substituents is 1. The molecule has 0 heterocycles. The fourth-order valence-corrected chi connectivity index (χ4v) is 2.06. The van der Waals surface area contributed by atoms with E-state index in [0.717, 1.165) is 30.3 Å². The number of nitrogens with zero attached hydrogens (tertiary/aromatic N) is 1. The van der Waals surface area contributed by atoms with Crippen molar-refractivity contribution in [3.05, 3.63) is 68.7 Å². The predicted octanol–water partition coefficient (Wildman–Crippen LogP) is 4.52. The Morgan fingerprint density at radius 3 is 2.39 bits per heavy atom. The van der Waals surface area contributed by atoms with Crippen LogP contribution in [-0.2, 0) is 6.18 Å². The number of benzene rings is 2. The summed E-state index contributed by atoms with van der Waals surface area (Å²) < 4.78 is 38.7. The number of alkyl halides is 3. The number of amides is 1. The van der Waals surface area contributed by atoms with Gasteiger partial charge in [0.05, 0.1) is 26.8 Å². The van der Waals surface area contributed by atoms with Crippen molar-refractivity contribution in [1.29, 1.82) is 0 Å². The van der Waals surface area contributed by atoms with E-state index in [0.29, 0.717) is 0 Å². The second-order valence-electron chi connectivity index (χ2n) is 4.42. The smallest absolute Gasteiger partial charge is 0.321 e. The largest absolute Gasteiger partial charge is 0.417 e. The molecule has 0 atom stereocenters. The maximum Gasteiger partial charge on any atom is 0.417 e. The van der Waals surface area contributed by atoms with Crippen LogP contribution in [0.1, 0.15) is 15.9 Å². The van der Waals surface area contributed by atoms with E-state index in [4.69, 9.17) is 11.6 Å². The molecule has 0 radical (unpaired) electrons. The molecule has 1 N–H and O–H groups in total. The molecule has 120 valence electrons. The van der Waals surface area contributed by atoms with Crippen molar-refractivity contribution in [2.75, 3.05) is 5.32 Å². The predicted molar refractivity (Wildman–Crippen MR) is 77.5 cm³/mol. The van der Waals surface area contributed by atoms with Gasteiger partial charge in [0.1, 0.15) is 0 Å². The number of nitro groups is 1. The summed E-state index contributed by atoms with van der Waals surface area (Å²) in [5, 5.41) is 12.7. The minimum Gasteiger partial charge on any atom is -0.321 e. The van der Waals surface area contributed by atoms with Gasteiger partial charge in [0.25, 0.3) is 11.6 Å². The first-order valence-electron chi connectivity index (χ1n) is 6.11. The zero-order valence-corrected chi connectivity index (χ0v) is 12.0. The molecular weight excluding hydrogens is 337 g/mol. The molecule has 0 unspecified atom stereocenters. The lowest BCUT2D eigenvalue weighted by atomic mass is 10.1. The molecule has 23 heavy (non-hydrogen) atoms. The maximum absolute atomic E-state index is 12.9. The van der Waals surface area contributed by atoms with E-state index in [1.165, 1.54) is 12.1 Å². The molecule has 0 aromatic heterocycles. The Labute approximate surface area is 132 Å². The van der Waals surface area contributed by atoms with Crippen LogP contribution in [0.4, 0.5) is 24.5 Å². The molecule has 2 aromatic rings. The van der Waals surface area contributed by atoms with Gasteiger partial charge in [-0.1, -0.05) is 23.7 Å². The van der Waals surface area contributed by atoms with E-state index in [2.05, 4.69) is 5.32 Å². The highest BCUT2D eigenvalue weighted by molar-refractivity contribution is 6.34. The summed E-state index contributed by atoms with van der Waals surface area (Å²) in [7, 11) is 0. The number of anilines is 1. The Balaban J connectivity index is 2.32. The number of halogens is 4. The zero-order chi connectivity index (χ0) is 17.2. The summed E-state index contributed by atoms with van der Waals surface area (Å²) in [5.41, 5.74) is -1.99. The van der Waals surface area contributed by atoms with Crippen LogP contribution in [0.15, 0.2) is 42.5 Å². The van der Waals surface area contributed by atoms with Gasteiger partial charge in [-0.2, -0.15) is 13.2 Å². The highest BCUT2D eigenvalue weighted by Gasteiger charge is 2.34. The van der Waals surface area contributed by atoms with Gasteiger partial charge in [0.15, 0.2) is 0 Å². The monoisotopic (exact) mass is 344 g/mol. The van der Waals surface area contributed by atoms with E-state index in [-0.39, 0.29) is 16.4 Å². The number of nitrogens with one attached hydrogen (secondary N) is 1. The van der Waals surface area contributed by atoms with E-state index in [1.54, 1.807) is 0 Å². The van der Waals surface area contributed by atoms with Crippen LogP contribution in [0.3, 0.4) is 0 Å². The van der Waals surface area contributed by atoms with Gasteiger partial charge in [0, 0.05) is 12.1 Å². The number of hydrogen-bond acceptors (Lipinski definition) is 3. The Morgan fingerprint density at radius 1 is 1.17 bits per heavy atom. The first kappa shape index (κ1) is 16.8. The van der Waals surface area contributed by atoms with Gasteiger partial charge in [-0.3, -0.25) is 14.9 Å². The number of hydrogen-bond donors (Lipinski definition) is 1. The van der Waals surface area contributed by atoms with Gasteiger partial charge >= 0.3 is 6.18 Å². The van der Waals surface area contributed by atoms with Crippen LogP contribution < -0.4 is 5.32 Å². The minimum atomic E-state index is -4.69. The quantitative estimate of drug-likeness (QED) is 0.657. The lowest BCUT2D eigenvalue weighted by Crippen LogP contribution is -2.18. The van der Waals surface area contributed by atoms with E-state index in [9.17, 15) is 28.1 Å². The van der Waals surface area contributed by atoms with Crippen molar-refractivity contribution in [2.24, 2.45) is 0 Å². The second kappa shape index (κ2) is 6.25. The van der Waals surface area contributed by atoms with Crippen molar-refractivity contribution in [2.45, 2.75) is 6.18 Å². The Morgan fingerprint density at radius 2 is 1.83 bits per heavy atom. The first-order valence-corrected chi connectivity index (χ1v) is 6.49. The standard InChI is InChI=1S/C14H8ClF3N2O3/c15-11-7-8(20(22)23)5-6-12(11)19-13(21)9-3-1-2-4-10(9)14(16,17)18/h1-7H,(H,19,21). The number of carbonyl (C=O) groups excluding carboxylic acids is 1. The highest BCUT2D eigenvalue weighted by atomic mass is 35.5. The molecule has 0 saturated heterocycles. The molecular formula is C14H8ClF3N2O3. The Kier molecular flexibility index (Phi) is 4.55. The summed E-state index contributed by atoms with van der Waals surface area (Å²) in [4.78, 5) is 22.0. The SMILES string of the molecule is O=C(Nc1ccc([N+](=O)[O-])cc1Cl)c1ccccc1C(F)(F)F. The molecule has 9 heteroatoms. The fraction of sp³-hybridized carbons (Fsp3) is 0.0714. The van der Waals surface area contributed by atoms with Crippen molar-refractivity contribution in [1.82, 2.24) is 0 Å². The van der Waals surface area contributed by atoms with Gasteiger partial charge in [-0.05, 0) is 18.2 Å². The fourth-order valence-electron chi connectivity index (χ4n) is 1.84. The van der Waals surface area contributed by atoms with Gasteiger partial charge in [-0.15, -0.1) is 0 Å². The summed E-state index contributed by atoms with van der Waals surface area (Å²) in [6.45, 7) is 0. The van der Waals surface area contributed by atoms with Crippen molar-refractivity contribution in [3.63, 3.8) is 0 Å². The van der Waals surface area contributed by atoms with Crippen LogP contribution in [0.2, 0.25) is 5.02 Å². The average molecular weight is 345 g/mol. The molecule has 0 spiro atoms. The molecule has 2 aromatic carbocycles. The lowest BCUT2D eigenvalue weighted by Gasteiger charge is -2.13. The van der Waals surface area contributed by atoms with Crippen molar-refractivity contribution in [3.8, 4) is 0 Å². The molecule has 1 amide bonds. The minimum absolute atomic E-state index is 0.0285. The lowest BCUT2D eigenvalue weighted by molar-refractivity contribution is -0.384. The van der Waals surface area contributed by atoms with Crippen LogP contribution in [0.5, 0.6) is 0 Å². The van der Waals surface area contributed by atoms with Crippen molar-refractivity contribution >= 4 is 28.9 Å². The first-order chi connectivity index (χ1) is 10.7. The molecule has 0 aliphatic heterocycles. The molecule has 5 nitrogen and oxygen atoms in total.